The van der Waals surface area contributed by atoms with Crippen molar-refractivity contribution < 1.29 is 15.1 Å². The van der Waals surface area contributed by atoms with Crippen LogP contribution < -0.4 is 5.46 Å². The molecule has 0 saturated heterocycles. The molecule has 0 aliphatic rings. The monoisotopic (exact) mass is 190 g/mol. The smallest absolute Gasteiger partial charge is 0.404 e. The van der Waals surface area contributed by atoms with Crippen LogP contribution in [-0.2, 0) is 0 Å². The van der Waals surface area contributed by atoms with E-state index < -0.39 is 6.75 Å². The zero-order valence-electron chi connectivity index (χ0n) is 7.33. The van der Waals surface area contributed by atoms with Crippen molar-refractivity contribution in [3.63, 3.8) is 0 Å². The SMILES string of the molecule is O[B-](O)(O)c1cccc2cccnc12. The topological polar surface area (TPSA) is 73.6 Å². The number of pyridine rings is 1. The van der Waals surface area contributed by atoms with E-state index in [-0.39, 0.29) is 5.46 Å². The Hall–Kier alpha value is -1.43. The van der Waals surface area contributed by atoms with Crippen LogP contribution in [0.3, 0.4) is 0 Å². The van der Waals surface area contributed by atoms with E-state index in [4.69, 9.17) is 15.1 Å². The lowest BCUT2D eigenvalue weighted by atomic mass is 9.70. The largest absolute Gasteiger partial charge is 0.556 e. The maximum atomic E-state index is 9.12. The molecule has 14 heavy (non-hydrogen) atoms. The molecule has 2 rings (SSSR count). The van der Waals surface area contributed by atoms with Crippen molar-refractivity contribution in [3.8, 4) is 0 Å². The van der Waals surface area contributed by atoms with Gasteiger partial charge in [0, 0.05) is 11.7 Å². The molecule has 72 valence electrons. The van der Waals surface area contributed by atoms with Gasteiger partial charge in [0.25, 0.3) is 0 Å². The van der Waals surface area contributed by atoms with Crippen LogP contribution in [0.4, 0.5) is 0 Å². The number of hydrogen-bond donors (Lipinski definition) is 3. The maximum Gasteiger partial charge on any atom is 0.404 e. The summed E-state index contributed by atoms with van der Waals surface area (Å²) in [5.74, 6) is 0. The normalized spacial score (nSPS) is 11.9. The van der Waals surface area contributed by atoms with Crippen molar-refractivity contribution in [3.05, 3.63) is 36.5 Å². The van der Waals surface area contributed by atoms with E-state index >= 15 is 0 Å². The molecule has 0 radical (unpaired) electrons. The Morgan fingerprint density at radius 3 is 2.43 bits per heavy atom. The highest BCUT2D eigenvalue weighted by atomic mass is 16.5. The zero-order valence-corrected chi connectivity index (χ0v) is 7.33. The van der Waals surface area contributed by atoms with Gasteiger partial charge in [0.1, 0.15) is 0 Å². The number of para-hydroxylation sites is 1. The lowest BCUT2D eigenvalue weighted by Gasteiger charge is -2.22. The molecule has 0 unspecified atom stereocenters. The summed E-state index contributed by atoms with van der Waals surface area (Å²) in [5.41, 5.74) is 0.450. The van der Waals surface area contributed by atoms with Crippen LogP contribution in [0.15, 0.2) is 36.5 Å². The molecular weight excluding hydrogens is 181 g/mol. The third-order valence-corrected chi connectivity index (χ3v) is 2.08. The minimum Gasteiger partial charge on any atom is -0.556 e. The van der Waals surface area contributed by atoms with E-state index in [1.165, 1.54) is 12.3 Å². The van der Waals surface area contributed by atoms with Crippen LogP contribution in [0.25, 0.3) is 10.9 Å². The second-order valence-electron chi connectivity index (χ2n) is 3.16. The van der Waals surface area contributed by atoms with Crippen LogP contribution >= 0.6 is 0 Å². The van der Waals surface area contributed by atoms with Crippen LogP contribution in [0.2, 0.25) is 0 Å². The van der Waals surface area contributed by atoms with Gasteiger partial charge in [-0.1, -0.05) is 29.7 Å². The fraction of sp³-hybridized carbons (Fsp3) is 0. The maximum absolute atomic E-state index is 9.12. The van der Waals surface area contributed by atoms with Crippen molar-refractivity contribution in [2.45, 2.75) is 0 Å². The zero-order chi connectivity index (χ0) is 10.2. The van der Waals surface area contributed by atoms with Gasteiger partial charge in [0.15, 0.2) is 0 Å². The van der Waals surface area contributed by atoms with E-state index in [0.29, 0.717) is 5.52 Å². The molecule has 5 heteroatoms. The Labute approximate surface area is 80.5 Å². The molecule has 4 nitrogen and oxygen atoms in total. The molecule has 0 atom stereocenters. The fourth-order valence-corrected chi connectivity index (χ4v) is 1.44. The van der Waals surface area contributed by atoms with Crippen LogP contribution in [0, 0.1) is 0 Å². The van der Waals surface area contributed by atoms with Crippen LogP contribution in [0.5, 0.6) is 0 Å². The Balaban J connectivity index is 2.78. The molecule has 0 fully saturated rings. The lowest BCUT2D eigenvalue weighted by molar-refractivity contribution is 0.250. The van der Waals surface area contributed by atoms with Crippen molar-refractivity contribution in [1.82, 2.24) is 4.98 Å². The lowest BCUT2D eigenvalue weighted by Crippen LogP contribution is -2.49. The van der Waals surface area contributed by atoms with Gasteiger partial charge in [0.05, 0.1) is 0 Å². The first-order chi connectivity index (χ1) is 6.59. The Kier molecular flexibility index (Phi) is 2.00. The quantitative estimate of drug-likeness (QED) is 0.522. The first-order valence-electron chi connectivity index (χ1n) is 4.24. The number of aromatic nitrogens is 1. The highest BCUT2D eigenvalue weighted by Crippen LogP contribution is 2.09. The molecule has 2 aromatic rings. The first kappa shape index (κ1) is 9.14. The van der Waals surface area contributed by atoms with Crippen molar-refractivity contribution in [1.29, 1.82) is 0 Å². The van der Waals surface area contributed by atoms with Crippen LogP contribution in [-0.4, -0.2) is 26.8 Å². The van der Waals surface area contributed by atoms with Gasteiger partial charge in [-0.25, -0.2) is 0 Å². The van der Waals surface area contributed by atoms with Gasteiger partial charge in [-0.15, -0.1) is 0 Å². The number of rotatable bonds is 1. The van der Waals surface area contributed by atoms with Gasteiger partial charge >= 0.3 is 6.75 Å². The van der Waals surface area contributed by atoms with Gasteiger partial charge in [-0.3, -0.25) is 4.98 Å². The van der Waals surface area contributed by atoms with Crippen molar-refractivity contribution >= 4 is 23.1 Å². The molecule has 0 amide bonds. The summed E-state index contributed by atoms with van der Waals surface area (Å²) in [6, 6.07) is 8.39. The van der Waals surface area contributed by atoms with Gasteiger partial charge in [-0.05, 0) is 11.5 Å². The fourth-order valence-electron chi connectivity index (χ4n) is 1.44. The molecule has 1 heterocycles. The average molecular weight is 190 g/mol. The summed E-state index contributed by atoms with van der Waals surface area (Å²) in [7, 11) is 0. The van der Waals surface area contributed by atoms with E-state index in [1.54, 1.807) is 24.3 Å². The van der Waals surface area contributed by atoms with E-state index in [0.717, 1.165) is 5.39 Å². The summed E-state index contributed by atoms with van der Waals surface area (Å²) >= 11 is 0. The number of benzene rings is 1. The third-order valence-electron chi connectivity index (χ3n) is 2.08. The molecule has 0 saturated carbocycles. The molecule has 0 aliphatic carbocycles. The second-order valence-corrected chi connectivity index (χ2v) is 3.16. The third kappa shape index (κ3) is 1.48. The predicted molar refractivity (Wildman–Crippen MR) is 53.8 cm³/mol. The van der Waals surface area contributed by atoms with E-state index in [1.807, 2.05) is 0 Å². The van der Waals surface area contributed by atoms with Gasteiger partial charge in [-0.2, -0.15) is 0 Å². The minimum absolute atomic E-state index is 0.0445. The highest BCUT2D eigenvalue weighted by molar-refractivity contribution is 6.73. The highest BCUT2D eigenvalue weighted by Gasteiger charge is 2.20. The average Bonchev–Trinajstić information content (AvgIpc) is 2.15. The predicted octanol–water partition coefficient (Wildman–Crippen LogP) is -0.642. The Bertz CT molecular complexity index is 462. The summed E-state index contributed by atoms with van der Waals surface area (Å²) < 4.78 is 0. The standard InChI is InChI=1S/C9H9BNO3/c12-10(13,14)8-5-1-3-7-4-2-6-11-9(7)8/h1-6,12-14H/q-1. The van der Waals surface area contributed by atoms with Gasteiger partial charge in [0.2, 0.25) is 0 Å². The molecule has 3 N–H and O–H groups in total. The van der Waals surface area contributed by atoms with Crippen LogP contribution in [0.1, 0.15) is 0 Å². The summed E-state index contributed by atoms with van der Waals surface area (Å²) in [5, 5.41) is 28.1. The second kappa shape index (κ2) is 3.06. The summed E-state index contributed by atoms with van der Waals surface area (Å²) in [6.45, 7) is -3.48. The molecule has 0 aliphatic heterocycles. The molecule has 0 spiro atoms. The number of nitrogens with zero attached hydrogens (tertiary/aromatic N) is 1. The van der Waals surface area contributed by atoms with E-state index in [2.05, 4.69) is 4.98 Å². The first-order valence-corrected chi connectivity index (χ1v) is 4.24. The van der Waals surface area contributed by atoms with Crippen molar-refractivity contribution in [2.75, 3.05) is 0 Å². The minimum atomic E-state index is -3.48. The van der Waals surface area contributed by atoms with E-state index in [9.17, 15) is 0 Å². The number of hydrogen-bond acceptors (Lipinski definition) is 4. The Morgan fingerprint density at radius 2 is 1.71 bits per heavy atom. The van der Waals surface area contributed by atoms with Crippen molar-refractivity contribution in [2.24, 2.45) is 0 Å². The summed E-state index contributed by atoms with van der Waals surface area (Å²) in [4.78, 5) is 3.98. The molecule has 1 aromatic heterocycles. The van der Waals surface area contributed by atoms with Gasteiger partial charge < -0.3 is 15.1 Å². The molecule has 1 aromatic carbocycles. The molecular formula is C9H9BNO3-. The Morgan fingerprint density at radius 1 is 1.00 bits per heavy atom. The number of fused-ring (bicyclic) bond motifs is 1. The summed E-state index contributed by atoms with van der Waals surface area (Å²) in [6.07, 6.45) is 1.54. The molecule has 0 bridgehead atoms.